The molecule has 0 saturated carbocycles. The van der Waals surface area contributed by atoms with E-state index in [1.165, 1.54) is 13.3 Å². The van der Waals surface area contributed by atoms with Gasteiger partial charge in [0.25, 0.3) is 5.91 Å². The summed E-state index contributed by atoms with van der Waals surface area (Å²) in [5, 5.41) is 2.80. The summed E-state index contributed by atoms with van der Waals surface area (Å²) in [6.07, 6.45) is 4.84. The minimum absolute atomic E-state index is 0.294. The highest BCUT2D eigenvalue weighted by molar-refractivity contribution is 6.05. The first-order chi connectivity index (χ1) is 14.1. The number of hydrogen-bond donors (Lipinski definition) is 1. The summed E-state index contributed by atoms with van der Waals surface area (Å²) in [6.45, 7) is 2.84. The Hall–Kier alpha value is -2.97. The number of carbonyl (C=O) groups is 2. The zero-order chi connectivity index (χ0) is 20.3. The maximum absolute atomic E-state index is 12.7. The number of piperidine rings is 1. The van der Waals surface area contributed by atoms with Crippen molar-refractivity contribution < 1.29 is 23.8 Å². The van der Waals surface area contributed by atoms with E-state index in [0.717, 1.165) is 31.6 Å². The van der Waals surface area contributed by atoms with Gasteiger partial charge in [-0.1, -0.05) is 6.07 Å². The molecule has 8 nitrogen and oxygen atoms in total. The lowest BCUT2D eigenvalue weighted by Gasteiger charge is -2.38. The first-order valence-corrected chi connectivity index (χ1v) is 9.56. The molecule has 4 rings (SSSR count). The number of hydrogen-bond acceptors (Lipinski definition) is 7. The van der Waals surface area contributed by atoms with Crippen molar-refractivity contribution in [3.8, 4) is 0 Å². The smallest absolute Gasteiger partial charge is 0.337 e. The lowest BCUT2D eigenvalue weighted by Crippen LogP contribution is -2.45. The number of anilines is 2. The number of carbonyl (C=O) groups excluding carboxylic acids is 2. The van der Waals surface area contributed by atoms with Crippen LogP contribution in [0.15, 0.2) is 42.7 Å². The first kappa shape index (κ1) is 19.4. The van der Waals surface area contributed by atoms with E-state index in [9.17, 15) is 9.59 Å². The number of benzene rings is 1. The van der Waals surface area contributed by atoms with Crippen molar-refractivity contribution in [2.75, 3.05) is 43.6 Å². The van der Waals surface area contributed by atoms with E-state index in [1.54, 1.807) is 30.5 Å². The number of nitrogens with one attached hydrogen (secondary N) is 1. The Morgan fingerprint density at radius 3 is 2.59 bits per heavy atom. The maximum Gasteiger partial charge on any atom is 0.337 e. The van der Waals surface area contributed by atoms with E-state index >= 15 is 0 Å². The van der Waals surface area contributed by atoms with Gasteiger partial charge in [-0.2, -0.15) is 0 Å². The Bertz CT molecular complexity index is 901. The maximum atomic E-state index is 12.7. The SMILES string of the molecule is COC(=O)c1cccc(NC(=O)c2cncc(N3CCC4(CC3)OCCO4)c2)c1. The molecule has 152 valence electrons. The standard InChI is InChI=1S/C21H23N3O5/c1-27-20(26)15-3-2-4-17(11-15)23-19(25)16-12-18(14-22-13-16)24-7-5-21(6-8-24)28-9-10-29-21/h2-4,11-14H,5-10H2,1H3,(H,23,25). The molecule has 2 aromatic rings. The fraction of sp³-hybridized carbons (Fsp3) is 0.381. The molecule has 1 aromatic heterocycles. The second kappa shape index (κ2) is 8.18. The number of nitrogens with zero attached hydrogens (tertiary/aromatic N) is 2. The van der Waals surface area contributed by atoms with Crippen molar-refractivity contribution in [2.45, 2.75) is 18.6 Å². The summed E-state index contributed by atoms with van der Waals surface area (Å²) in [4.78, 5) is 30.8. The van der Waals surface area contributed by atoms with Crippen molar-refractivity contribution in [1.29, 1.82) is 0 Å². The predicted molar refractivity (Wildman–Crippen MR) is 106 cm³/mol. The average molecular weight is 397 g/mol. The molecule has 1 aromatic carbocycles. The summed E-state index contributed by atoms with van der Waals surface area (Å²) < 4.78 is 16.2. The van der Waals surface area contributed by atoms with Gasteiger partial charge in [-0.15, -0.1) is 0 Å². The van der Waals surface area contributed by atoms with Crippen LogP contribution >= 0.6 is 0 Å². The Labute approximate surface area is 168 Å². The predicted octanol–water partition coefficient (Wildman–Crippen LogP) is 2.46. The van der Waals surface area contributed by atoms with Gasteiger partial charge in [0.1, 0.15) is 0 Å². The third-order valence-corrected chi connectivity index (χ3v) is 5.23. The molecule has 1 spiro atoms. The van der Waals surface area contributed by atoms with Crippen LogP contribution in [0.3, 0.4) is 0 Å². The lowest BCUT2D eigenvalue weighted by molar-refractivity contribution is -0.169. The molecular weight excluding hydrogens is 374 g/mol. The molecular formula is C21H23N3O5. The van der Waals surface area contributed by atoms with Gasteiger partial charge in [-0.05, 0) is 24.3 Å². The molecule has 2 aliphatic heterocycles. The topological polar surface area (TPSA) is 90.0 Å². The fourth-order valence-electron chi connectivity index (χ4n) is 3.66. The van der Waals surface area contributed by atoms with Gasteiger partial charge < -0.3 is 24.4 Å². The van der Waals surface area contributed by atoms with Crippen LogP contribution in [-0.2, 0) is 14.2 Å². The van der Waals surface area contributed by atoms with Gasteiger partial charge in [0, 0.05) is 37.8 Å². The molecule has 3 heterocycles. The largest absolute Gasteiger partial charge is 0.465 e. The van der Waals surface area contributed by atoms with Crippen LogP contribution in [0.2, 0.25) is 0 Å². The number of rotatable bonds is 4. The van der Waals surface area contributed by atoms with E-state index in [-0.39, 0.29) is 5.91 Å². The zero-order valence-corrected chi connectivity index (χ0v) is 16.2. The lowest BCUT2D eigenvalue weighted by atomic mass is 10.0. The van der Waals surface area contributed by atoms with Crippen LogP contribution in [0, 0.1) is 0 Å². The Morgan fingerprint density at radius 1 is 1.10 bits per heavy atom. The van der Waals surface area contributed by atoms with Crippen LogP contribution in [0.1, 0.15) is 33.6 Å². The Balaban J connectivity index is 1.43. The van der Waals surface area contributed by atoms with E-state index in [2.05, 4.69) is 15.2 Å². The second-order valence-electron chi connectivity index (χ2n) is 7.05. The number of amides is 1. The third kappa shape index (κ3) is 4.23. The summed E-state index contributed by atoms with van der Waals surface area (Å²) in [5.41, 5.74) is 2.21. The Morgan fingerprint density at radius 2 is 1.86 bits per heavy atom. The number of aromatic nitrogens is 1. The summed E-state index contributed by atoms with van der Waals surface area (Å²) in [6, 6.07) is 8.43. The molecule has 0 radical (unpaired) electrons. The van der Waals surface area contributed by atoms with Gasteiger partial charge in [-0.25, -0.2) is 4.79 Å². The van der Waals surface area contributed by atoms with Gasteiger partial charge in [0.15, 0.2) is 5.79 Å². The van der Waals surface area contributed by atoms with E-state index in [4.69, 9.17) is 14.2 Å². The van der Waals surface area contributed by atoms with Crippen molar-refractivity contribution in [3.05, 3.63) is 53.9 Å². The quantitative estimate of drug-likeness (QED) is 0.793. The van der Waals surface area contributed by atoms with Crippen molar-refractivity contribution in [2.24, 2.45) is 0 Å². The van der Waals surface area contributed by atoms with Gasteiger partial charge >= 0.3 is 5.97 Å². The molecule has 2 aliphatic rings. The summed E-state index contributed by atoms with van der Waals surface area (Å²) >= 11 is 0. The van der Waals surface area contributed by atoms with Crippen LogP contribution in [0.5, 0.6) is 0 Å². The third-order valence-electron chi connectivity index (χ3n) is 5.23. The summed E-state index contributed by atoms with van der Waals surface area (Å²) in [5.74, 6) is -1.19. The molecule has 0 unspecified atom stereocenters. The van der Waals surface area contributed by atoms with Gasteiger partial charge in [-0.3, -0.25) is 9.78 Å². The number of pyridine rings is 1. The summed E-state index contributed by atoms with van der Waals surface area (Å²) in [7, 11) is 1.32. The molecule has 0 aliphatic carbocycles. The highest BCUT2D eigenvalue weighted by Gasteiger charge is 2.39. The zero-order valence-electron chi connectivity index (χ0n) is 16.2. The molecule has 2 saturated heterocycles. The molecule has 29 heavy (non-hydrogen) atoms. The van der Waals surface area contributed by atoms with Crippen molar-refractivity contribution in [3.63, 3.8) is 0 Å². The molecule has 0 atom stereocenters. The van der Waals surface area contributed by atoms with E-state index in [1.807, 2.05) is 6.07 Å². The number of methoxy groups -OCH3 is 1. The van der Waals surface area contributed by atoms with Gasteiger partial charge in [0.05, 0.1) is 43.3 Å². The monoisotopic (exact) mass is 397 g/mol. The van der Waals surface area contributed by atoms with E-state index in [0.29, 0.717) is 30.0 Å². The fourth-order valence-corrected chi connectivity index (χ4v) is 3.66. The normalized spacial score (nSPS) is 17.9. The van der Waals surface area contributed by atoms with Crippen molar-refractivity contribution in [1.82, 2.24) is 4.98 Å². The highest BCUT2D eigenvalue weighted by atomic mass is 16.7. The first-order valence-electron chi connectivity index (χ1n) is 9.56. The van der Waals surface area contributed by atoms with Crippen LogP contribution in [-0.4, -0.2) is 56.1 Å². The Kier molecular flexibility index (Phi) is 5.46. The van der Waals surface area contributed by atoms with Crippen LogP contribution < -0.4 is 10.2 Å². The van der Waals surface area contributed by atoms with E-state index < -0.39 is 11.8 Å². The van der Waals surface area contributed by atoms with Crippen LogP contribution in [0.25, 0.3) is 0 Å². The molecule has 2 fully saturated rings. The minimum Gasteiger partial charge on any atom is -0.465 e. The molecule has 1 amide bonds. The van der Waals surface area contributed by atoms with Crippen molar-refractivity contribution >= 4 is 23.3 Å². The highest BCUT2D eigenvalue weighted by Crippen LogP contribution is 2.33. The van der Waals surface area contributed by atoms with Gasteiger partial charge in [0.2, 0.25) is 0 Å². The van der Waals surface area contributed by atoms with Crippen LogP contribution in [0.4, 0.5) is 11.4 Å². The minimum atomic E-state index is -0.456. The number of ether oxygens (including phenoxy) is 3. The molecule has 8 heteroatoms. The second-order valence-corrected chi connectivity index (χ2v) is 7.05. The number of esters is 1. The molecule has 1 N–H and O–H groups in total. The average Bonchev–Trinajstić information content (AvgIpc) is 3.22. The molecule has 0 bridgehead atoms.